The molecule has 2 N–H and O–H groups in total. The minimum absolute atomic E-state index is 0.0661. The number of hydrogen-bond acceptors (Lipinski definition) is 7. The highest BCUT2D eigenvalue weighted by Gasteiger charge is 2.64. The maximum Gasteiger partial charge on any atom is 0.251 e. The minimum Gasteiger partial charge on any atom is -0.489 e. The summed E-state index contributed by atoms with van der Waals surface area (Å²) in [6.07, 6.45) is -0.135. The lowest BCUT2D eigenvalue weighted by molar-refractivity contribution is -0.164. The number of halogens is 1. The van der Waals surface area contributed by atoms with Crippen molar-refractivity contribution in [2.24, 2.45) is 10.8 Å². The number of anilines is 1. The van der Waals surface area contributed by atoms with Crippen LogP contribution in [0.5, 0.6) is 5.75 Å². The van der Waals surface area contributed by atoms with Crippen molar-refractivity contribution < 1.29 is 9.53 Å². The third-order valence-electron chi connectivity index (χ3n) is 9.86. The second kappa shape index (κ2) is 10.8. The third kappa shape index (κ3) is 5.18. The van der Waals surface area contributed by atoms with Gasteiger partial charge >= 0.3 is 0 Å². The molecule has 2 aromatic carbocycles. The van der Waals surface area contributed by atoms with Crippen LogP contribution < -0.4 is 20.3 Å². The molecule has 2 aromatic rings. The van der Waals surface area contributed by atoms with Gasteiger partial charge in [0.05, 0.1) is 10.6 Å². The van der Waals surface area contributed by atoms with Crippen LogP contribution in [0.15, 0.2) is 42.5 Å². The van der Waals surface area contributed by atoms with Crippen molar-refractivity contribution in [1.29, 1.82) is 5.26 Å². The molecule has 4 aliphatic rings. The number of carbonyl (C=O) groups is 1. The molecule has 3 aliphatic heterocycles. The zero-order valence-corrected chi connectivity index (χ0v) is 25.2. The Balaban J connectivity index is 1.00. The molecule has 4 fully saturated rings. The number of ether oxygens (including phenoxy) is 1. The summed E-state index contributed by atoms with van der Waals surface area (Å²) in [6.45, 7) is 17.5. The van der Waals surface area contributed by atoms with Crippen molar-refractivity contribution in [3.63, 3.8) is 0 Å². The molecule has 1 saturated carbocycles. The van der Waals surface area contributed by atoms with E-state index in [9.17, 15) is 4.79 Å². The van der Waals surface area contributed by atoms with Crippen LogP contribution in [-0.2, 0) is 0 Å². The monoisotopic (exact) mass is 576 g/mol. The Kier molecular flexibility index (Phi) is 7.44. The van der Waals surface area contributed by atoms with Gasteiger partial charge in [0.15, 0.2) is 0 Å². The number of rotatable bonds is 7. The van der Waals surface area contributed by atoms with Crippen molar-refractivity contribution in [3.05, 3.63) is 58.6 Å². The minimum atomic E-state index is -0.299. The van der Waals surface area contributed by atoms with Crippen molar-refractivity contribution in [3.8, 4) is 11.8 Å². The van der Waals surface area contributed by atoms with Gasteiger partial charge in [0.1, 0.15) is 17.9 Å². The van der Waals surface area contributed by atoms with Crippen molar-refractivity contribution in [1.82, 2.24) is 20.4 Å². The van der Waals surface area contributed by atoms with E-state index < -0.39 is 0 Å². The van der Waals surface area contributed by atoms with Gasteiger partial charge in [-0.3, -0.25) is 14.6 Å². The Labute approximate surface area is 248 Å². The smallest absolute Gasteiger partial charge is 0.251 e. The molecule has 6 rings (SSSR count). The van der Waals surface area contributed by atoms with Crippen LogP contribution in [0.3, 0.4) is 0 Å². The third-order valence-corrected chi connectivity index (χ3v) is 10.2. The Hall–Kier alpha value is -2.83. The number of nitrogens with zero attached hydrogens (tertiary/aromatic N) is 4. The molecule has 41 heavy (non-hydrogen) atoms. The van der Waals surface area contributed by atoms with Crippen molar-refractivity contribution >= 4 is 23.2 Å². The summed E-state index contributed by atoms with van der Waals surface area (Å²) < 4.78 is 6.35. The second-order valence-corrected chi connectivity index (χ2v) is 13.7. The summed E-state index contributed by atoms with van der Waals surface area (Å²) in [4.78, 5) is 21.0. The van der Waals surface area contributed by atoms with Crippen LogP contribution in [0.1, 0.15) is 43.6 Å². The number of amides is 1. The SMILES string of the molecule is CC1(C)[C@H](NC(=O)c2ccc(N3CC(N4CC(N5CCNCC5)C4)C3)cc2)C(C)(C)[C@H]1Oc1ccc(C#N)c(Cl)c1. The largest absolute Gasteiger partial charge is 0.489 e. The van der Waals surface area contributed by atoms with E-state index >= 15 is 0 Å². The molecule has 9 heteroatoms. The molecule has 218 valence electrons. The number of carbonyl (C=O) groups excluding carboxylic acids is 1. The lowest BCUT2D eigenvalue weighted by Crippen LogP contribution is -2.74. The van der Waals surface area contributed by atoms with Gasteiger partial charge in [-0.1, -0.05) is 39.3 Å². The maximum atomic E-state index is 13.3. The van der Waals surface area contributed by atoms with Gasteiger partial charge in [0.2, 0.25) is 0 Å². The highest BCUT2D eigenvalue weighted by molar-refractivity contribution is 6.31. The van der Waals surface area contributed by atoms with Crippen LogP contribution in [0.25, 0.3) is 0 Å². The predicted octanol–water partition coefficient (Wildman–Crippen LogP) is 3.60. The van der Waals surface area contributed by atoms with Gasteiger partial charge in [-0.15, -0.1) is 0 Å². The first-order valence-corrected chi connectivity index (χ1v) is 15.2. The summed E-state index contributed by atoms with van der Waals surface area (Å²) >= 11 is 6.22. The first-order valence-electron chi connectivity index (χ1n) is 14.8. The number of likely N-dealkylation sites (tertiary alicyclic amines) is 1. The van der Waals surface area contributed by atoms with Gasteiger partial charge in [0, 0.05) is 98.6 Å². The summed E-state index contributed by atoms with van der Waals surface area (Å²) in [6, 6.07) is 16.5. The van der Waals surface area contributed by atoms with Gasteiger partial charge in [-0.25, -0.2) is 0 Å². The van der Waals surface area contributed by atoms with Crippen LogP contribution in [0.2, 0.25) is 5.02 Å². The number of hydrogen-bond donors (Lipinski definition) is 2. The van der Waals surface area contributed by atoms with Crippen LogP contribution in [0.4, 0.5) is 5.69 Å². The van der Waals surface area contributed by atoms with E-state index in [4.69, 9.17) is 21.6 Å². The van der Waals surface area contributed by atoms with E-state index in [0.717, 1.165) is 32.2 Å². The lowest BCUT2D eigenvalue weighted by Gasteiger charge is -2.63. The fourth-order valence-electron chi connectivity index (χ4n) is 7.60. The Morgan fingerprint density at radius 3 is 2.22 bits per heavy atom. The Bertz CT molecular complexity index is 1300. The topological polar surface area (TPSA) is 83.9 Å². The molecule has 0 bridgehead atoms. The molecule has 1 aliphatic carbocycles. The Morgan fingerprint density at radius 1 is 0.976 bits per heavy atom. The zero-order valence-electron chi connectivity index (χ0n) is 24.5. The average Bonchev–Trinajstić information content (AvgIpc) is 2.91. The van der Waals surface area contributed by atoms with Gasteiger partial charge < -0.3 is 20.3 Å². The van der Waals surface area contributed by atoms with Crippen LogP contribution in [-0.4, -0.2) is 92.3 Å². The van der Waals surface area contributed by atoms with E-state index in [1.165, 1.54) is 31.9 Å². The summed E-state index contributed by atoms with van der Waals surface area (Å²) in [7, 11) is 0. The van der Waals surface area contributed by atoms with Crippen LogP contribution >= 0.6 is 11.6 Å². The normalized spacial score (nSPS) is 26.3. The molecule has 3 heterocycles. The fourth-order valence-corrected chi connectivity index (χ4v) is 7.81. The molecular weight excluding hydrogens is 536 g/mol. The molecule has 0 aromatic heterocycles. The maximum absolute atomic E-state index is 13.3. The number of piperazine rings is 1. The van der Waals surface area contributed by atoms with E-state index in [2.05, 4.69) is 71.2 Å². The molecule has 0 unspecified atom stereocenters. The van der Waals surface area contributed by atoms with E-state index in [-0.39, 0.29) is 28.9 Å². The zero-order chi connectivity index (χ0) is 28.9. The average molecular weight is 577 g/mol. The van der Waals surface area contributed by atoms with E-state index in [1.54, 1.807) is 18.2 Å². The molecule has 0 spiro atoms. The summed E-state index contributed by atoms with van der Waals surface area (Å²) in [5, 5.41) is 16.3. The molecule has 8 nitrogen and oxygen atoms in total. The number of nitrogens with one attached hydrogen (secondary N) is 2. The van der Waals surface area contributed by atoms with E-state index in [1.807, 2.05) is 12.1 Å². The van der Waals surface area contributed by atoms with E-state index in [0.29, 0.717) is 27.9 Å². The predicted molar refractivity (Wildman–Crippen MR) is 162 cm³/mol. The highest BCUT2D eigenvalue weighted by atomic mass is 35.5. The van der Waals surface area contributed by atoms with Crippen LogP contribution in [0, 0.1) is 22.2 Å². The van der Waals surface area contributed by atoms with Crippen molar-refractivity contribution in [2.45, 2.75) is 51.9 Å². The van der Waals surface area contributed by atoms with Gasteiger partial charge in [-0.05, 0) is 36.4 Å². The lowest BCUT2D eigenvalue weighted by atomic mass is 9.49. The molecule has 1 amide bonds. The highest BCUT2D eigenvalue weighted by Crippen LogP contribution is 2.55. The fraction of sp³-hybridized carbons (Fsp3) is 0.562. The second-order valence-electron chi connectivity index (χ2n) is 13.3. The number of nitriles is 1. The molecule has 0 atom stereocenters. The van der Waals surface area contributed by atoms with Gasteiger partial charge in [0.25, 0.3) is 5.91 Å². The van der Waals surface area contributed by atoms with Gasteiger partial charge in [-0.2, -0.15) is 5.26 Å². The van der Waals surface area contributed by atoms with Crippen molar-refractivity contribution in [2.75, 3.05) is 57.3 Å². The quantitative estimate of drug-likeness (QED) is 0.521. The first-order chi connectivity index (χ1) is 19.6. The first kappa shape index (κ1) is 28.3. The Morgan fingerprint density at radius 2 is 1.61 bits per heavy atom. The molecular formula is C32H41ClN6O2. The standard InChI is InChI=1S/C32H41ClN6O2/c1-31(2)29(32(3,4)30(31)41-26-10-7-22(16-34)27(33)15-26)36-28(40)21-5-8-23(9-6-21)38-19-25(20-38)39-17-24(18-39)37-13-11-35-12-14-37/h5-10,15,24-25,29-30,35H,11-14,17-20H2,1-4H3,(H,36,40)/t29-,30-. The molecule has 0 radical (unpaired) electrons. The summed E-state index contributed by atoms with van der Waals surface area (Å²) in [5.74, 6) is 0.561. The molecule has 3 saturated heterocycles. The summed E-state index contributed by atoms with van der Waals surface area (Å²) in [5.41, 5.74) is 1.67. The number of benzene rings is 2.